The summed E-state index contributed by atoms with van der Waals surface area (Å²) in [4.78, 5) is 28.7. The Morgan fingerprint density at radius 1 is 0.800 bits per heavy atom. The van der Waals surface area contributed by atoms with Gasteiger partial charge in [0.05, 0.1) is 11.0 Å². The largest absolute Gasteiger partial charge is 0.378 e. The van der Waals surface area contributed by atoms with Crippen LogP contribution in [0.4, 0.5) is 11.4 Å². The second-order valence-electron chi connectivity index (χ2n) is 8.53. The second kappa shape index (κ2) is 10.7. The van der Waals surface area contributed by atoms with Crippen LogP contribution < -0.4 is 4.90 Å². The number of hydrogen-bond acceptors (Lipinski definition) is 4. The minimum absolute atomic E-state index is 0.109. The number of amides is 1. The summed E-state index contributed by atoms with van der Waals surface area (Å²) in [6.45, 7) is 0.337. The summed E-state index contributed by atoms with van der Waals surface area (Å²) in [5.41, 5.74) is 4.12. The van der Waals surface area contributed by atoms with Crippen LogP contribution in [0.1, 0.15) is 33.1 Å². The zero-order chi connectivity index (χ0) is 24.8. The van der Waals surface area contributed by atoms with Crippen LogP contribution in [-0.4, -0.2) is 29.8 Å². The molecule has 0 aromatic heterocycles. The zero-order valence-electron chi connectivity index (χ0n) is 19.7. The summed E-state index contributed by atoms with van der Waals surface area (Å²) in [6.07, 6.45) is 0. The van der Waals surface area contributed by atoms with Gasteiger partial charge in [-0.3, -0.25) is 14.9 Å². The molecule has 0 atom stereocenters. The van der Waals surface area contributed by atoms with Crippen molar-refractivity contribution in [3.8, 4) is 0 Å². The average Bonchev–Trinajstić information content (AvgIpc) is 2.89. The molecule has 0 bridgehead atoms. The Balaban J connectivity index is 1.82. The molecule has 35 heavy (non-hydrogen) atoms. The third-order valence-corrected chi connectivity index (χ3v) is 5.91. The van der Waals surface area contributed by atoms with Crippen LogP contribution in [-0.2, 0) is 6.54 Å². The molecule has 0 unspecified atom stereocenters. The van der Waals surface area contributed by atoms with E-state index in [1.165, 1.54) is 12.1 Å². The lowest BCUT2D eigenvalue weighted by atomic mass is 9.95. The van der Waals surface area contributed by atoms with E-state index < -0.39 is 4.92 Å². The Morgan fingerprint density at radius 3 is 1.89 bits per heavy atom. The molecule has 0 heterocycles. The van der Waals surface area contributed by atoms with Crippen molar-refractivity contribution in [2.45, 2.75) is 12.6 Å². The minimum Gasteiger partial charge on any atom is -0.378 e. The summed E-state index contributed by atoms with van der Waals surface area (Å²) in [5, 5.41) is 11.4. The third-order valence-electron chi connectivity index (χ3n) is 5.91. The van der Waals surface area contributed by atoms with E-state index in [-0.39, 0.29) is 23.2 Å². The molecule has 0 radical (unpaired) electrons. The van der Waals surface area contributed by atoms with Crippen LogP contribution in [0.2, 0.25) is 0 Å². The summed E-state index contributed by atoms with van der Waals surface area (Å²) in [7, 11) is 3.96. The maximum Gasteiger partial charge on any atom is 0.270 e. The number of nitro benzene ring substituents is 1. The second-order valence-corrected chi connectivity index (χ2v) is 8.53. The van der Waals surface area contributed by atoms with Gasteiger partial charge in [-0.15, -0.1) is 0 Å². The van der Waals surface area contributed by atoms with E-state index in [1.807, 2.05) is 104 Å². The highest BCUT2D eigenvalue weighted by Crippen LogP contribution is 2.32. The average molecular weight is 466 g/mol. The SMILES string of the molecule is CN(C)c1ccc(CN(C(=O)c2cccc([N+](=O)[O-])c2)C(c2ccccc2)c2ccccc2)cc1. The van der Waals surface area contributed by atoms with Crippen LogP contribution in [0.25, 0.3) is 0 Å². The van der Waals surface area contributed by atoms with Crippen molar-refractivity contribution in [3.05, 3.63) is 142 Å². The summed E-state index contributed by atoms with van der Waals surface area (Å²) < 4.78 is 0. The number of carbonyl (C=O) groups excluding carboxylic acids is 1. The maximum atomic E-state index is 14.0. The quantitative estimate of drug-likeness (QED) is 0.233. The molecule has 0 aliphatic rings. The number of benzene rings is 4. The molecule has 6 nitrogen and oxygen atoms in total. The van der Waals surface area contributed by atoms with Gasteiger partial charge in [-0.1, -0.05) is 78.9 Å². The molecule has 0 aliphatic heterocycles. The minimum atomic E-state index is -0.479. The van der Waals surface area contributed by atoms with Crippen LogP contribution in [0.3, 0.4) is 0 Å². The highest BCUT2D eigenvalue weighted by Gasteiger charge is 2.28. The van der Waals surface area contributed by atoms with Crippen molar-refractivity contribution in [1.29, 1.82) is 0 Å². The van der Waals surface area contributed by atoms with Crippen molar-refractivity contribution < 1.29 is 9.72 Å². The fourth-order valence-corrected chi connectivity index (χ4v) is 4.12. The highest BCUT2D eigenvalue weighted by atomic mass is 16.6. The molecule has 176 valence electrons. The van der Waals surface area contributed by atoms with E-state index in [1.54, 1.807) is 17.0 Å². The number of nitro groups is 1. The molecule has 0 saturated carbocycles. The lowest BCUT2D eigenvalue weighted by Gasteiger charge is -2.33. The first-order valence-electron chi connectivity index (χ1n) is 11.4. The normalized spacial score (nSPS) is 10.7. The molecule has 0 saturated heterocycles. The summed E-state index contributed by atoms with van der Waals surface area (Å²) >= 11 is 0. The first kappa shape index (κ1) is 23.7. The van der Waals surface area contributed by atoms with E-state index in [0.29, 0.717) is 6.54 Å². The first-order chi connectivity index (χ1) is 16.9. The molecule has 4 aromatic rings. The van der Waals surface area contributed by atoms with Crippen LogP contribution in [0, 0.1) is 10.1 Å². The summed E-state index contributed by atoms with van der Waals surface area (Å²) in [6, 6.07) is 33.3. The Morgan fingerprint density at radius 2 is 1.37 bits per heavy atom. The predicted molar refractivity (Wildman–Crippen MR) is 138 cm³/mol. The van der Waals surface area contributed by atoms with Gasteiger partial charge in [0.1, 0.15) is 0 Å². The number of carbonyl (C=O) groups is 1. The molecule has 4 rings (SSSR count). The fourth-order valence-electron chi connectivity index (χ4n) is 4.12. The Kier molecular flexibility index (Phi) is 7.21. The van der Waals surface area contributed by atoms with E-state index in [9.17, 15) is 14.9 Å². The van der Waals surface area contributed by atoms with Crippen molar-refractivity contribution in [3.63, 3.8) is 0 Å². The standard InChI is InChI=1S/C29H27N3O3/c1-30(2)26-18-16-22(17-19-26)21-31(29(33)25-14-9-15-27(20-25)32(34)35)28(23-10-5-3-6-11-23)24-12-7-4-8-13-24/h3-20,28H,21H2,1-2H3. The van der Waals surface area contributed by atoms with E-state index in [4.69, 9.17) is 0 Å². The Labute approximate surface area is 205 Å². The molecule has 0 spiro atoms. The predicted octanol–water partition coefficient (Wildman–Crippen LogP) is 6.09. The molecular weight excluding hydrogens is 438 g/mol. The molecule has 6 heteroatoms. The molecule has 0 N–H and O–H groups in total. The monoisotopic (exact) mass is 465 g/mol. The number of anilines is 1. The first-order valence-corrected chi connectivity index (χ1v) is 11.4. The lowest BCUT2D eigenvalue weighted by molar-refractivity contribution is -0.384. The summed E-state index contributed by atoms with van der Waals surface area (Å²) in [5.74, 6) is -0.275. The Bertz CT molecular complexity index is 1250. The number of rotatable bonds is 8. The Hall–Kier alpha value is -4.45. The number of non-ortho nitro benzene ring substituents is 1. The number of hydrogen-bond donors (Lipinski definition) is 0. The van der Waals surface area contributed by atoms with Crippen molar-refractivity contribution in [1.82, 2.24) is 4.90 Å². The maximum absolute atomic E-state index is 14.0. The van der Waals surface area contributed by atoms with Crippen LogP contribution in [0.5, 0.6) is 0 Å². The van der Waals surface area contributed by atoms with Crippen molar-refractivity contribution >= 4 is 17.3 Å². The molecule has 1 amide bonds. The van der Waals surface area contributed by atoms with Gasteiger partial charge in [0, 0.05) is 44.0 Å². The van der Waals surface area contributed by atoms with E-state index in [0.717, 1.165) is 22.4 Å². The zero-order valence-corrected chi connectivity index (χ0v) is 19.7. The van der Waals surface area contributed by atoms with Gasteiger partial charge in [0.25, 0.3) is 11.6 Å². The van der Waals surface area contributed by atoms with Gasteiger partial charge in [-0.25, -0.2) is 0 Å². The van der Waals surface area contributed by atoms with E-state index >= 15 is 0 Å². The van der Waals surface area contributed by atoms with Crippen molar-refractivity contribution in [2.24, 2.45) is 0 Å². The van der Waals surface area contributed by atoms with Gasteiger partial charge >= 0.3 is 0 Å². The van der Waals surface area contributed by atoms with Crippen LogP contribution >= 0.6 is 0 Å². The van der Waals surface area contributed by atoms with Gasteiger partial charge in [-0.05, 0) is 34.9 Å². The molecular formula is C29H27N3O3. The number of nitrogens with zero attached hydrogens (tertiary/aromatic N) is 3. The topological polar surface area (TPSA) is 66.7 Å². The van der Waals surface area contributed by atoms with Gasteiger partial charge in [0.2, 0.25) is 0 Å². The fraction of sp³-hybridized carbons (Fsp3) is 0.138. The van der Waals surface area contributed by atoms with Crippen molar-refractivity contribution in [2.75, 3.05) is 19.0 Å². The molecule has 0 fully saturated rings. The highest BCUT2D eigenvalue weighted by molar-refractivity contribution is 5.95. The van der Waals surface area contributed by atoms with Crippen LogP contribution in [0.15, 0.2) is 109 Å². The molecule has 0 aliphatic carbocycles. The third kappa shape index (κ3) is 5.55. The molecule has 4 aromatic carbocycles. The van der Waals surface area contributed by atoms with Gasteiger partial charge in [-0.2, -0.15) is 0 Å². The van der Waals surface area contributed by atoms with Gasteiger partial charge < -0.3 is 9.80 Å². The lowest BCUT2D eigenvalue weighted by Crippen LogP contribution is -2.35. The van der Waals surface area contributed by atoms with E-state index in [2.05, 4.69) is 0 Å². The van der Waals surface area contributed by atoms with Gasteiger partial charge in [0.15, 0.2) is 0 Å². The smallest absolute Gasteiger partial charge is 0.270 e.